The highest BCUT2D eigenvalue weighted by molar-refractivity contribution is 5.93. The van der Waals surface area contributed by atoms with E-state index in [1.54, 1.807) is 12.1 Å². The van der Waals surface area contributed by atoms with Crippen molar-refractivity contribution in [2.45, 2.75) is 27.2 Å². The lowest BCUT2D eigenvalue weighted by Crippen LogP contribution is -2.04. The standard InChI is InChI=1S/C14H17FN2/c1-4-7-16-14-9(2)10(3)17-13-6-5-11(15)8-12(13)14/h5-6,8H,4,7H2,1-3H3,(H,16,17). The molecular weight excluding hydrogens is 215 g/mol. The predicted octanol–water partition coefficient (Wildman–Crippen LogP) is 3.81. The molecule has 17 heavy (non-hydrogen) atoms. The van der Waals surface area contributed by atoms with Gasteiger partial charge in [0.15, 0.2) is 0 Å². The second-order valence-electron chi connectivity index (χ2n) is 4.29. The van der Waals surface area contributed by atoms with E-state index in [-0.39, 0.29) is 5.82 Å². The molecule has 0 spiro atoms. The fraction of sp³-hybridized carbons (Fsp3) is 0.357. The first-order valence-corrected chi connectivity index (χ1v) is 5.93. The molecule has 0 atom stereocenters. The molecule has 0 radical (unpaired) electrons. The summed E-state index contributed by atoms with van der Waals surface area (Å²) in [5.41, 5.74) is 3.93. The van der Waals surface area contributed by atoms with Crippen molar-refractivity contribution >= 4 is 16.6 Å². The maximum Gasteiger partial charge on any atom is 0.124 e. The number of aromatic nitrogens is 1. The molecule has 0 unspecified atom stereocenters. The average molecular weight is 232 g/mol. The van der Waals surface area contributed by atoms with Crippen molar-refractivity contribution < 1.29 is 4.39 Å². The molecule has 0 fully saturated rings. The molecule has 0 bridgehead atoms. The maximum atomic E-state index is 13.3. The Morgan fingerprint density at radius 2 is 2.06 bits per heavy atom. The molecule has 0 aliphatic heterocycles. The minimum atomic E-state index is -0.220. The summed E-state index contributed by atoms with van der Waals surface area (Å²) in [6, 6.07) is 4.73. The topological polar surface area (TPSA) is 24.9 Å². The van der Waals surface area contributed by atoms with E-state index in [1.165, 1.54) is 6.07 Å². The Labute approximate surface area is 101 Å². The van der Waals surface area contributed by atoms with Gasteiger partial charge in [-0.1, -0.05) is 6.92 Å². The number of anilines is 1. The van der Waals surface area contributed by atoms with Gasteiger partial charge in [-0.25, -0.2) is 4.39 Å². The SMILES string of the molecule is CCCNc1c(C)c(C)nc2ccc(F)cc12. The van der Waals surface area contributed by atoms with Crippen LogP contribution in [-0.4, -0.2) is 11.5 Å². The Balaban J connectivity index is 2.66. The highest BCUT2D eigenvalue weighted by atomic mass is 19.1. The molecule has 2 rings (SSSR count). The fourth-order valence-corrected chi connectivity index (χ4v) is 1.93. The average Bonchev–Trinajstić information content (AvgIpc) is 2.31. The molecule has 0 aliphatic carbocycles. The molecule has 1 N–H and O–H groups in total. The van der Waals surface area contributed by atoms with Gasteiger partial charge in [0, 0.05) is 23.3 Å². The molecule has 0 aliphatic rings. The molecule has 3 heteroatoms. The number of aryl methyl sites for hydroxylation is 1. The first-order chi connectivity index (χ1) is 8.13. The van der Waals surface area contributed by atoms with E-state index < -0.39 is 0 Å². The van der Waals surface area contributed by atoms with Crippen molar-refractivity contribution in [2.24, 2.45) is 0 Å². The molecule has 0 amide bonds. The number of rotatable bonds is 3. The third-order valence-corrected chi connectivity index (χ3v) is 2.99. The van der Waals surface area contributed by atoms with Gasteiger partial charge in [0.05, 0.1) is 5.52 Å². The number of benzene rings is 1. The third-order valence-electron chi connectivity index (χ3n) is 2.99. The highest BCUT2D eigenvalue weighted by Crippen LogP contribution is 2.28. The fourth-order valence-electron chi connectivity index (χ4n) is 1.93. The van der Waals surface area contributed by atoms with E-state index in [0.717, 1.165) is 40.8 Å². The van der Waals surface area contributed by atoms with E-state index in [1.807, 2.05) is 13.8 Å². The van der Waals surface area contributed by atoms with Gasteiger partial charge in [0.2, 0.25) is 0 Å². The lowest BCUT2D eigenvalue weighted by Gasteiger charge is -2.14. The molecule has 2 aromatic rings. The van der Waals surface area contributed by atoms with Crippen LogP contribution in [0.1, 0.15) is 24.6 Å². The molecule has 1 heterocycles. The van der Waals surface area contributed by atoms with Crippen LogP contribution in [0, 0.1) is 19.7 Å². The summed E-state index contributed by atoms with van der Waals surface area (Å²) in [6.07, 6.45) is 1.04. The van der Waals surface area contributed by atoms with Gasteiger partial charge in [0.1, 0.15) is 5.82 Å². The summed E-state index contributed by atoms with van der Waals surface area (Å²) in [6.45, 7) is 7.00. The quantitative estimate of drug-likeness (QED) is 0.870. The van der Waals surface area contributed by atoms with Crippen molar-refractivity contribution in [1.82, 2.24) is 4.98 Å². The van der Waals surface area contributed by atoms with Crippen LogP contribution in [0.5, 0.6) is 0 Å². The number of halogens is 1. The van der Waals surface area contributed by atoms with Crippen molar-refractivity contribution in [2.75, 3.05) is 11.9 Å². The van der Waals surface area contributed by atoms with Crippen LogP contribution in [0.3, 0.4) is 0 Å². The van der Waals surface area contributed by atoms with Crippen molar-refractivity contribution in [3.63, 3.8) is 0 Å². The van der Waals surface area contributed by atoms with Crippen LogP contribution < -0.4 is 5.32 Å². The first-order valence-electron chi connectivity index (χ1n) is 5.93. The smallest absolute Gasteiger partial charge is 0.124 e. The van der Waals surface area contributed by atoms with Crippen LogP contribution in [0.4, 0.5) is 10.1 Å². The molecule has 1 aromatic heterocycles. The van der Waals surface area contributed by atoms with Crippen LogP contribution in [0.2, 0.25) is 0 Å². The Kier molecular flexibility index (Phi) is 3.27. The summed E-state index contributed by atoms with van der Waals surface area (Å²) < 4.78 is 13.3. The lowest BCUT2D eigenvalue weighted by molar-refractivity contribution is 0.629. The maximum absolute atomic E-state index is 13.3. The Hall–Kier alpha value is -1.64. The second-order valence-corrected chi connectivity index (χ2v) is 4.29. The third kappa shape index (κ3) is 2.23. The number of fused-ring (bicyclic) bond motifs is 1. The minimum absolute atomic E-state index is 0.220. The molecule has 1 aromatic carbocycles. The Morgan fingerprint density at radius 1 is 1.29 bits per heavy atom. The van der Waals surface area contributed by atoms with Gasteiger partial charge >= 0.3 is 0 Å². The van der Waals surface area contributed by atoms with Crippen LogP contribution in [-0.2, 0) is 0 Å². The summed E-state index contributed by atoms with van der Waals surface area (Å²) in [7, 11) is 0. The van der Waals surface area contributed by atoms with Gasteiger partial charge < -0.3 is 5.32 Å². The predicted molar refractivity (Wildman–Crippen MR) is 70.0 cm³/mol. The Bertz CT molecular complexity index is 549. The van der Waals surface area contributed by atoms with E-state index >= 15 is 0 Å². The van der Waals surface area contributed by atoms with E-state index in [2.05, 4.69) is 17.2 Å². The Morgan fingerprint density at radius 3 is 2.76 bits per heavy atom. The molecule has 2 nitrogen and oxygen atoms in total. The summed E-state index contributed by atoms with van der Waals surface area (Å²) in [5.74, 6) is -0.220. The molecular formula is C14H17FN2. The number of hydrogen-bond donors (Lipinski definition) is 1. The molecule has 90 valence electrons. The summed E-state index contributed by atoms with van der Waals surface area (Å²) >= 11 is 0. The van der Waals surface area contributed by atoms with Gasteiger partial charge in [-0.05, 0) is 44.0 Å². The zero-order valence-corrected chi connectivity index (χ0v) is 10.5. The van der Waals surface area contributed by atoms with Gasteiger partial charge in [-0.15, -0.1) is 0 Å². The van der Waals surface area contributed by atoms with Crippen LogP contribution in [0.15, 0.2) is 18.2 Å². The highest BCUT2D eigenvalue weighted by Gasteiger charge is 2.09. The number of pyridine rings is 1. The van der Waals surface area contributed by atoms with Crippen molar-refractivity contribution in [1.29, 1.82) is 0 Å². The van der Waals surface area contributed by atoms with E-state index in [4.69, 9.17) is 0 Å². The number of nitrogens with one attached hydrogen (secondary N) is 1. The van der Waals surface area contributed by atoms with Crippen LogP contribution in [0.25, 0.3) is 10.9 Å². The lowest BCUT2D eigenvalue weighted by atomic mass is 10.1. The number of nitrogens with zero attached hydrogens (tertiary/aromatic N) is 1. The summed E-state index contributed by atoms with van der Waals surface area (Å²) in [5, 5.41) is 4.23. The normalized spacial score (nSPS) is 10.8. The second kappa shape index (κ2) is 4.70. The monoisotopic (exact) mass is 232 g/mol. The van der Waals surface area contributed by atoms with Gasteiger partial charge in [-0.3, -0.25) is 4.98 Å². The van der Waals surface area contributed by atoms with Gasteiger partial charge in [-0.2, -0.15) is 0 Å². The van der Waals surface area contributed by atoms with E-state index in [0.29, 0.717) is 0 Å². The largest absolute Gasteiger partial charge is 0.384 e. The zero-order valence-electron chi connectivity index (χ0n) is 10.5. The first kappa shape index (κ1) is 11.8. The van der Waals surface area contributed by atoms with Crippen molar-refractivity contribution in [3.05, 3.63) is 35.3 Å². The molecule has 0 saturated heterocycles. The molecule has 0 saturated carbocycles. The number of hydrogen-bond acceptors (Lipinski definition) is 2. The van der Waals surface area contributed by atoms with E-state index in [9.17, 15) is 4.39 Å². The zero-order chi connectivity index (χ0) is 12.4. The van der Waals surface area contributed by atoms with Crippen molar-refractivity contribution in [3.8, 4) is 0 Å². The van der Waals surface area contributed by atoms with Crippen LogP contribution >= 0.6 is 0 Å². The minimum Gasteiger partial charge on any atom is -0.384 e. The summed E-state index contributed by atoms with van der Waals surface area (Å²) in [4.78, 5) is 4.48. The van der Waals surface area contributed by atoms with Gasteiger partial charge in [0.25, 0.3) is 0 Å².